The Morgan fingerprint density at radius 1 is 0.252 bits per heavy atom. The second-order valence-corrected chi connectivity index (χ2v) is 32.5. The molecule has 1 N–H and O–H groups in total. The lowest BCUT2D eigenvalue weighted by molar-refractivity contribution is 1.02. The number of aromatic nitrogens is 6. The zero-order valence-corrected chi connectivity index (χ0v) is 63.3. The van der Waals surface area contributed by atoms with Crippen LogP contribution in [-0.2, 0) is 0 Å². The molecule has 0 aliphatic rings. The van der Waals surface area contributed by atoms with E-state index in [1.807, 2.05) is 34.8 Å². The van der Waals surface area contributed by atoms with Gasteiger partial charge >= 0.3 is 0 Å². The lowest BCUT2D eigenvalue weighted by Crippen LogP contribution is -2.03. The van der Waals surface area contributed by atoms with Crippen LogP contribution in [0.25, 0.3) is 219 Å². The molecule has 111 heavy (non-hydrogen) atoms. The molecule has 24 aromatic rings. The third kappa shape index (κ3) is 10.9. The van der Waals surface area contributed by atoms with Crippen molar-refractivity contribution in [3.63, 3.8) is 0 Å². The summed E-state index contributed by atoms with van der Waals surface area (Å²) < 4.78 is 10.0. The molecule has 0 saturated heterocycles. The van der Waals surface area contributed by atoms with Gasteiger partial charge in [0.1, 0.15) is 9.66 Å². The van der Waals surface area contributed by atoms with Crippen molar-refractivity contribution in [2.24, 2.45) is 0 Å². The molecular formula is C100H59ClN6S4. The van der Waals surface area contributed by atoms with Gasteiger partial charge in [-0.2, -0.15) is 0 Å². The summed E-state index contributed by atoms with van der Waals surface area (Å²) in [7, 11) is 0. The summed E-state index contributed by atoms with van der Waals surface area (Å²) in [6.07, 6.45) is 0. The molecule has 520 valence electrons. The first kappa shape index (κ1) is 65.1. The monoisotopic (exact) mass is 1510 g/mol. The van der Waals surface area contributed by atoms with Gasteiger partial charge in [-0.25, -0.2) is 19.9 Å². The van der Waals surface area contributed by atoms with Gasteiger partial charge in [0.25, 0.3) is 0 Å². The van der Waals surface area contributed by atoms with E-state index in [9.17, 15) is 0 Å². The number of thiophene rings is 4. The maximum absolute atomic E-state index is 6.40. The molecule has 0 unspecified atom stereocenters. The van der Waals surface area contributed by atoms with Crippen molar-refractivity contribution in [1.29, 1.82) is 0 Å². The minimum Gasteiger partial charge on any atom is -0.354 e. The van der Waals surface area contributed by atoms with E-state index in [2.05, 4.69) is 354 Å². The minimum absolute atomic E-state index is 0.269. The van der Waals surface area contributed by atoms with E-state index in [4.69, 9.17) is 26.6 Å². The fraction of sp³-hybridized carbons (Fsp3) is 0. The quantitative estimate of drug-likeness (QED) is 0.161. The number of nitrogens with zero attached hydrogens (tertiary/aromatic N) is 5. The molecule has 11 heteroatoms. The summed E-state index contributed by atoms with van der Waals surface area (Å²) in [5, 5.41) is 20.3. The molecule has 0 saturated carbocycles. The van der Waals surface area contributed by atoms with Crippen molar-refractivity contribution in [3.05, 3.63) is 357 Å². The highest BCUT2D eigenvalue weighted by Gasteiger charge is 2.27. The van der Waals surface area contributed by atoms with Crippen molar-refractivity contribution >= 4 is 203 Å². The minimum atomic E-state index is 0.269. The van der Waals surface area contributed by atoms with E-state index >= 15 is 0 Å². The molecule has 0 radical (unpaired) electrons. The molecule has 0 spiro atoms. The highest BCUT2D eigenvalue weighted by molar-refractivity contribution is 7.27. The summed E-state index contributed by atoms with van der Waals surface area (Å²) in [4.78, 5) is 26.1. The van der Waals surface area contributed by atoms with E-state index in [0.29, 0.717) is 5.95 Å². The van der Waals surface area contributed by atoms with Crippen LogP contribution in [0.15, 0.2) is 352 Å². The van der Waals surface area contributed by atoms with E-state index in [1.165, 1.54) is 120 Å². The maximum atomic E-state index is 6.40. The summed E-state index contributed by atoms with van der Waals surface area (Å²) in [6, 6.07) is 125. The van der Waals surface area contributed by atoms with E-state index in [1.54, 1.807) is 22.7 Å². The van der Waals surface area contributed by atoms with E-state index in [-0.39, 0.29) is 5.28 Å². The normalized spacial score (nSPS) is 11.8. The molecule has 0 atom stereocenters. The Hall–Kier alpha value is -13.0. The van der Waals surface area contributed by atoms with Gasteiger partial charge in [0.05, 0.1) is 27.9 Å². The van der Waals surface area contributed by atoms with Gasteiger partial charge in [-0.3, -0.25) is 4.57 Å². The summed E-state index contributed by atoms with van der Waals surface area (Å²) in [5.74, 6) is 0.679. The topological polar surface area (TPSA) is 72.3 Å². The molecule has 0 aliphatic carbocycles. The van der Waals surface area contributed by atoms with Gasteiger partial charge in [-0.05, 0) is 140 Å². The van der Waals surface area contributed by atoms with Gasteiger partial charge in [0.2, 0.25) is 11.2 Å². The molecule has 0 aliphatic heterocycles. The molecule has 16 aromatic carbocycles. The van der Waals surface area contributed by atoms with Crippen LogP contribution in [-0.4, -0.2) is 29.5 Å². The van der Waals surface area contributed by atoms with Crippen LogP contribution in [0.2, 0.25) is 5.28 Å². The Morgan fingerprint density at radius 3 is 1.10 bits per heavy atom. The van der Waals surface area contributed by atoms with Gasteiger partial charge in [0, 0.05) is 120 Å². The number of benzene rings is 16. The average molecular weight is 1510 g/mol. The second kappa shape index (κ2) is 26.7. The van der Waals surface area contributed by atoms with Crippen LogP contribution in [0.4, 0.5) is 0 Å². The SMILES string of the molecule is Clc1nc(-c2cc(-c3ccccc3)cc(-c3ccccc3)c2)c2c(n1)sc1ccccc12.c1ccc(-c2cc(-c3ccccc3)cc(-c3nc(-n4c5ccccc5c5c6ccccc6c6sc7ccccc7c6c54)nc4sc5ccccc5c34)c2)cc1.c1ccc2c(c1)[nH]c1c2c2ccccc2c2sc3ccccc3c12. The van der Waals surface area contributed by atoms with Gasteiger partial charge in [-0.15, -0.1) is 45.3 Å². The predicted octanol–water partition coefficient (Wildman–Crippen LogP) is 29.8. The highest BCUT2D eigenvalue weighted by Crippen LogP contribution is 2.51. The Balaban J connectivity index is 0.000000114. The Kier molecular flexibility index (Phi) is 15.6. The molecule has 8 heterocycles. The number of aromatic amines is 1. The zero-order chi connectivity index (χ0) is 73.2. The summed E-state index contributed by atoms with van der Waals surface area (Å²) in [6.45, 7) is 0. The fourth-order valence-corrected chi connectivity index (χ4v) is 21.6. The van der Waals surface area contributed by atoms with Gasteiger partial charge < -0.3 is 4.98 Å². The summed E-state index contributed by atoms with van der Waals surface area (Å²) >= 11 is 13.6. The van der Waals surface area contributed by atoms with Crippen LogP contribution in [0.5, 0.6) is 0 Å². The Labute approximate surface area is 657 Å². The highest BCUT2D eigenvalue weighted by atomic mass is 35.5. The fourth-order valence-electron chi connectivity index (χ4n) is 16.8. The van der Waals surface area contributed by atoms with E-state index < -0.39 is 0 Å². The van der Waals surface area contributed by atoms with Crippen molar-refractivity contribution in [2.75, 3.05) is 0 Å². The molecule has 8 aromatic heterocycles. The first-order valence-electron chi connectivity index (χ1n) is 37.0. The average Bonchev–Trinajstić information content (AvgIpc) is 1.52. The molecule has 0 amide bonds. The van der Waals surface area contributed by atoms with Crippen LogP contribution >= 0.6 is 56.9 Å². The van der Waals surface area contributed by atoms with Crippen molar-refractivity contribution in [1.82, 2.24) is 29.5 Å². The van der Waals surface area contributed by atoms with Crippen LogP contribution in [0.3, 0.4) is 0 Å². The third-order valence-electron chi connectivity index (χ3n) is 21.6. The largest absolute Gasteiger partial charge is 0.354 e. The Bertz CT molecular complexity index is 7740. The first-order valence-corrected chi connectivity index (χ1v) is 40.7. The number of para-hydroxylation sites is 2. The third-order valence-corrected chi connectivity index (χ3v) is 26.3. The van der Waals surface area contributed by atoms with Gasteiger partial charge in [0.15, 0.2) is 0 Å². The van der Waals surface area contributed by atoms with Crippen molar-refractivity contribution in [3.8, 4) is 73.0 Å². The molecule has 6 nitrogen and oxygen atoms in total. The van der Waals surface area contributed by atoms with E-state index in [0.717, 1.165) is 92.7 Å². The standard InChI is InChI=1S/C50H29N3S2.C28H17ClN2S.C22H13NS/c1-3-15-30(16-4-1)32-27-33(31-17-5-2-6-18-31)29-34(28-32)46-44-38-22-10-14-26-42(38)55-49(44)52-50(51-46)53-40-24-12-9-21-37(40)43-35-19-7-8-20-36(35)48-45(47(43)53)39-23-11-13-25-41(39)54-48;29-28-30-26(25-23-13-7-8-14-24(23)32-27(25)31-28)22-16-20(18-9-3-1-4-10-18)15-21(17-22)19-11-5-2-6-12-19;1-2-8-14-13(7-1)19-15-9-3-5-11-17(15)23-21(19)20-16-10-4-6-12-18(16)24-22(14)20/h1-29H;1-17H;1-12,23H. The summed E-state index contributed by atoms with van der Waals surface area (Å²) in [5.41, 5.74) is 17.9. The molecular weight excluding hydrogens is 1450 g/mol. The predicted molar refractivity (Wildman–Crippen MR) is 478 cm³/mol. The molecule has 0 bridgehead atoms. The number of H-pyrrole nitrogens is 1. The first-order chi connectivity index (χ1) is 55.0. The number of fused-ring (bicyclic) bond motifs is 26. The van der Waals surface area contributed by atoms with Gasteiger partial charge in [-0.1, -0.05) is 279 Å². The number of hydrogen-bond donors (Lipinski definition) is 1. The van der Waals surface area contributed by atoms with Crippen molar-refractivity contribution in [2.45, 2.75) is 0 Å². The number of nitrogens with one attached hydrogen (secondary N) is 1. The van der Waals surface area contributed by atoms with Crippen LogP contribution < -0.4 is 0 Å². The number of hydrogen-bond acceptors (Lipinski definition) is 8. The second-order valence-electron chi connectivity index (χ2n) is 28.0. The van der Waals surface area contributed by atoms with Crippen molar-refractivity contribution < 1.29 is 0 Å². The molecule has 24 rings (SSSR count). The lowest BCUT2D eigenvalue weighted by Gasteiger charge is -2.14. The van der Waals surface area contributed by atoms with Crippen LogP contribution in [0.1, 0.15) is 0 Å². The smallest absolute Gasteiger partial charge is 0.236 e. The number of rotatable bonds is 7. The lowest BCUT2D eigenvalue weighted by atomic mass is 9.94. The number of halogens is 1. The Morgan fingerprint density at radius 2 is 0.604 bits per heavy atom. The van der Waals surface area contributed by atoms with Crippen LogP contribution in [0, 0.1) is 0 Å². The zero-order valence-electron chi connectivity index (χ0n) is 59.2. The molecule has 0 fully saturated rings. The maximum Gasteiger partial charge on any atom is 0.236 e.